The van der Waals surface area contributed by atoms with E-state index in [0.29, 0.717) is 5.95 Å². The number of hydrogen-bond acceptors (Lipinski definition) is 3. The van der Waals surface area contributed by atoms with Gasteiger partial charge in [-0.15, -0.1) is 0 Å². The van der Waals surface area contributed by atoms with Gasteiger partial charge >= 0.3 is 0 Å². The van der Waals surface area contributed by atoms with Crippen molar-refractivity contribution in [3.63, 3.8) is 0 Å². The van der Waals surface area contributed by atoms with Gasteiger partial charge in [0.1, 0.15) is 6.33 Å². The minimum absolute atomic E-state index is 0.672. The Hall–Kier alpha value is -1.65. The molecule has 14 heavy (non-hydrogen) atoms. The van der Waals surface area contributed by atoms with E-state index >= 15 is 0 Å². The molecule has 2 rings (SSSR count). The third-order valence-corrected chi connectivity index (χ3v) is 2.40. The van der Waals surface area contributed by atoms with Gasteiger partial charge in [0.25, 0.3) is 0 Å². The summed E-state index contributed by atoms with van der Waals surface area (Å²) in [7, 11) is 0. The number of aromatic amines is 1. The molecular formula is C9H13N5. The quantitative estimate of drug-likeness (QED) is 0.775. The summed E-state index contributed by atoms with van der Waals surface area (Å²) in [4.78, 5) is 4.07. The predicted molar refractivity (Wildman–Crippen MR) is 52.4 cm³/mol. The Balaban J connectivity index is 2.55. The van der Waals surface area contributed by atoms with E-state index in [0.717, 1.165) is 17.8 Å². The highest BCUT2D eigenvalue weighted by Crippen LogP contribution is 2.15. The van der Waals surface area contributed by atoms with E-state index < -0.39 is 0 Å². The van der Waals surface area contributed by atoms with Crippen LogP contribution in [-0.2, 0) is 6.42 Å². The number of nitrogens with zero attached hydrogens (tertiary/aromatic N) is 4. The van der Waals surface area contributed by atoms with Gasteiger partial charge in [0.2, 0.25) is 5.95 Å². The molecule has 74 valence electrons. The maximum atomic E-state index is 4.41. The average Bonchev–Trinajstić information content (AvgIpc) is 2.74. The van der Waals surface area contributed by atoms with E-state index in [1.807, 2.05) is 13.8 Å². The van der Waals surface area contributed by atoms with Gasteiger partial charge in [0.05, 0.1) is 5.69 Å². The molecule has 0 saturated carbocycles. The van der Waals surface area contributed by atoms with Crippen LogP contribution in [0.15, 0.2) is 6.33 Å². The van der Waals surface area contributed by atoms with Crippen LogP contribution in [0.4, 0.5) is 0 Å². The lowest BCUT2D eigenvalue weighted by Crippen LogP contribution is -2.01. The summed E-state index contributed by atoms with van der Waals surface area (Å²) in [5, 5.41) is 11.0. The summed E-state index contributed by atoms with van der Waals surface area (Å²) >= 11 is 0. The van der Waals surface area contributed by atoms with Gasteiger partial charge in [-0.2, -0.15) is 15.2 Å². The molecule has 0 fully saturated rings. The van der Waals surface area contributed by atoms with Crippen molar-refractivity contribution in [2.75, 3.05) is 0 Å². The van der Waals surface area contributed by atoms with Crippen LogP contribution in [0.1, 0.15) is 23.9 Å². The number of hydrogen-bond donors (Lipinski definition) is 1. The van der Waals surface area contributed by atoms with Crippen LogP contribution in [0, 0.1) is 13.8 Å². The number of nitrogens with one attached hydrogen (secondary N) is 1. The molecule has 0 saturated heterocycles. The van der Waals surface area contributed by atoms with Crippen LogP contribution >= 0.6 is 0 Å². The van der Waals surface area contributed by atoms with Gasteiger partial charge in [0.15, 0.2) is 0 Å². The largest absolute Gasteiger partial charge is 0.246 e. The van der Waals surface area contributed by atoms with Crippen LogP contribution in [-0.4, -0.2) is 25.0 Å². The van der Waals surface area contributed by atoms with Crippen LogP contribution in [0.3, 0.4) is 0 Å². The molecule has 0 radical (unpaired) electrons. The molecule has 5 heteroatoms. The van der Waals surface area contributed by atoms with Gasteiger partial charge in [-0.05, 0) is 25.8 Å². The predicted octanol–water partition coefficient (Wildman–Crippen LogP) is 1.17. The first-order chi connectivity index (χ1) is 6.74. The number of rotatable bonds is 2. The fraction of sp³-hybridized carbons (Fsp3) is 0.444. The van der Waals surface area contributed by atoms with Crippen molar-refractivity contribution in [3.05, 3.63) is 23.3 Å². The second kappa shape index (κ2) is 3.25. The second-order valence-electron chi connectivity index (χ2n) is 3.22. The van der Waals surface area contributed by atoms with Crippen molar-refractivity contribution < 1.29 is 0 Å². The van der Waals surface area contributed by atoms with Crippen molar-refractivity contribution in [1.29, 1.82) is 0 Å². The third kappa shape index (κ3) is 1.21. The lowest BCUT2D eigenvalue weighted by molar-refractivity contribution is 0.777. The van der Waals surface area contributed by atoms with Crippen molar-refractivity contribution in [2.45, 2.75) is 27.2 Å². The molecule has 5 nitrogen and oxygen atoms in total. The monoisotopic (exact) mass is 191 g/mol. The first-order valence-corrected chi connectivity index (χ1v) is 4.65. The van der Waals surface area contributed by atoms with Crippen LogP contribution < -0.4 is 0 Å². The Morgan fingerprint density at radius 3 is 2.71 bits per heavy atom. The molecule has 0 unspecified atom stereocenters. The minimum Gasteiger partial charge on any atom is -0.244 e. The molecule has 0 amide bonds. The van der Waals surface area contributed by atoms with Crippen molar-refractivity contribution >= 4 is 0 Å². The lowest BCUT2D eigenvalue weighted by atomic mass is 10.1. The molecule has 2 aromatic heterocycles. The molecule has 2 heterocycles. The van der Waals surface area contributed by atoms with Gasteiger partial charge in [-0.25, -0.2) is 9.78 Å². The molecule has 1 N–H and O–H groups in total. The molecule has 0 atom stereocenters. The zero-order valence-electron chi connectivity index (χ0n) is 8.57. The van der Waals surface area contributed by atoms with E-state index in [1.54, 1.807) is 4.68 Å². The van der Waals surface area contributed by atoms with E-state index in [4.69, 9.17) is 0 Å². The van der Waals surface area contributed by atoms with E-state index in [9.17, 15) is 0 Å². The van der Waals surface area contributed by atoms with Crippen molar-refractivity contribution in [3.8, 4) is 5.95 Å². The molecule has 2 aromatic rings. The summed E-state index contributed by atoms with van der Waals surface area (Å²) < 4.78 is 1.79. The lowest BCUT2D eigenvalue weighted by Gasteiger charge is -1.98. The number of aryl methyl sites for hydroxylation is 1. The summed E-state index contributed by atoms with van der Waals surface area (Å²) in [6, 6.07) is 0. The Kier molecular flexibility index (Phi) is 2.07. The summed E-state index contributed by atoms with van der Waals surface area (Å²) in [6.45, 7) is 6.18. The molecule has 0 aliphatic rings. The highest BCUT2D eigenvalue weighted by molar-refractivity contribution is 5.28. The molecule has 0 aliphatic heterocycles. The fourth-order valence-electron chi connectivity index (χ4n) is 1.69. The van der Waals surface area contributed by atoms with Gasteiger partial charge in [0, 0.05) is 5.69 Å². The molecule has 0 aliphatic carbocycles. The van der Waals surface area contributed by atoms with Crippen LogP contribution in [0.2, 0.25) is 0 Å². The van der Waals surface area contributed by atoms with Crippen molar-refractivity contribution in [1.82, 2.24) is 25.0 Å². The highest BCUT2D eigenvalue weighted by atomic mass is 15.4. The summed E-state index contributed by atoms with van der Waals surface area (Å²) in [6.07, 6.45) is 2.48. The Labute approximate surface area is 82.2 Å². The average molecular weight is 191 g/mol. The molecular weight excluding hydrogens is 178 g/mol. The zero-order valence-corrected chi connectivity index (χ0v) is 8.57. The molecule has 0 bridgehead atoms. The van der Waals surface area contributed by atoms with E-state index in [2.05, 4.69) is 27.2 Å². The SMILES string of the molecule is CCc1c(C)nn(-c2ncn[nH]2)c1C. The van der Waals surface area contributed by atoms with Gasteiger partial charge < -0.3 is 0 Å². The van der Waals surface area contributed by atoms with Gasteiger partial charge in [-0.3, -0.25) is 0 Å². The summed E-state index contributed by atoms with van der Waals surface area (Å²) in [5.41, 5.74) is 3.46. The molecule has 0 aromatic carbocycles. The fourth-order valence-corrected chi connectivity index (χ4v) is 1.69. The Bertz CT molecular complexity index is 426. The third-order valence-electron chi connectivity index (χ3n) is 2.40. The number of aromatic nitrogens is 5. The first kappa shape index (κ1) is 8.93. The van der Waals surface area contributed by atoms with Crippen molar-refractivity contribution in [2.24, 2.45) is 0 Å². The first-order valence-electron chi connectivity index (χ1n) is 4.65. The maximum absolute atomic E-state index is 4.41. The number of H-pyrrole nitrogens is 1. The zero-order chi connectivity index (χ0) is 10.1. The van der Waals surface area contributed by atoms with E-state index in [1.165, 1.54) is 11.9 Å². The molecule has 0 spiro atoms. The topological polar surface area (TPSA) is 59.4 Å². The standard InChI is InChI=1S/C9H13N5/c1-4-8-6(2)13-14(7(8)3)9-10-5-11-12-9/h5H,4H2,1-3H3,(H,10,11,12). The van der Waals surface area contributed by atoms with E-state index in [-0.39, 0.29) is 0 Å². The normalized spacial score (nSPS) is 10.8. The Morgan fingerprint density at radius 1 is 1.43 bits per heavy atom. The summed E-state index contributed by atoms with van der Waals surface area (Å²) in [5.74, 6) is 0.672. The van der Waals surface area contributed by atoms with Gasteiger partial charge in [-0.1, -0.05) is 6.92 Å². The Morgan fingerprint density at radius 2 is 2.21 bits per heavy atom. The second-order valence-corrected chi connectivity index (χ2v) is 3.22. The highest BCUT2D eigenvalue weighted by Gasteiger charge is 2.11. The smallest absolute Gasteiger partial charge is 0.244 e. The minimum atomic E-state index is 0.672. The maximum Gasteiger partial charge on any atom is 0.246 e. The van der Waals surface area contributed by atoms with Crippen LogP contribution in [0.5, 0.6) is 0 Å². The van der Waals surface area contributed by atoms with Crippen LogP contribution in [0.25, 0.3) is 5.95 Å².